The molecule has 0 amide bonds. The molecule has 106 valence electrons. The van der Waals surface area contributed by atoms with Crippen LogP contribution in [0.15, 0.2) is 49.1 Å². The van der Waals surface area contributed by atoms with Crippen LogP contribution in [-0.4, -0.2) is 34.2 Å². The Morgan fingerprint density at radius 1 is 1.29 bits per heavy atom. The van der Waals surface area contributed by atoms with Gasteiger partial charge in [0, 0.05) is 30.4 Å². The average Bonchev–Trinajstić information content (AvgIpc) is 3.05. The number of pyridine rings is 1. The van der Waals surface area contributed by atoms with Gasteiger partial charge in [0.2, 0.25) is 0 Å². The Morgan fingerprint density at radius 2 is 2.29 bits per heavy atom. The maximum atomic E-state index is 5.84. The third kappa shape index (κ3) is 2.30. The smallest absolute Gasteiger partial charge is 0.112 e. The molecule has 1 aliphatic rings. The molecule has 1 atom stereocenters. The highest BCUT2D eigenvalue weighted by atomic mass is 16.5. The molecular weight excluding hydrogens is 264 g/mol. The highest BCUT2D eigenvalue weighted by Gasteiger charge is 2.20. The third-order valence-electron chi connectivity index (χ3n) is 3.79. The van der Waals surface area contributed by atoms with E-state index in [4.69, 9.17) is 4.74 Å². The second kappa shape index (κ2) is 5.27. The lowest BCUT2D eigenvalue weighted by Crippen LogP contribution is -2.34. The van der Waals surface area contributed by atoms with Crippen molar-refractivity contribution in [2.24, 2.45) is 0 Å². The molecule has 1 aliphatic heterocycles. The van der Waals surface area contributed by atoms with Gasteiger partial charge in [0.05, 0.1) is 30.3 Å². The molecule has 5 heteroatoms. The molecule has 0 bridgehead atoms. The van der Waals surface area contributed by atoms with Crippen LogP contribution in [0, 0.1) is 0 Å². The zero-order valence-electron chi connectivity index (χ0n) is 11.6. The number of morpholine rings is 1. The number of nitrogens with one attached hydrogen (secondary N) is 1. The van der Waals surface area contributed by atoms with Gasteiger partial charge in [0.15, 0.2) is 0 Å². The summed E-state index contributed by atoms with van der Waals surface area (Å²) in [7, 11) is 0. The van der Waals surface area contributed by atoms with Gasteiger partial charge in [-0.1, -0.05) is 6.07 Å². The first-order valence-corrected chi connectivity index (χ1v) is 7.11. The van der Waals surface area contributed by atoms with Crippen molar-refractivity contribution in [3.05, 3.63) is 54.7 Å². The van der Waals surface area contributed by atoms with Crippen LogP contribution in [0.5, 0.6) is 0 Å². The normalized spacial score (nSPS) is 19.0. The van der Waals surface area contributed by atoms with E-state index >= 15 is 0 Å². The van der Waals surface area contributed by atoms with Crippen molar-refractivity contribution >= 4 is 10.9 Å². The second-order valence-electron chi connectivity index (χ2n) is 5.13. The predicted molar refractivity (Wildman–Crippen MR) is 80.4 cm³/mol. The molecule has 0 radical (unpaired) electrons. The van der Waals surface area contributed by atoms with Gasteiger partial charge < -0.3 is 14.6 Å². The first kappa shape index (κ1) is 12.5. The van der Waals surface area contributed by atoms with Crippen LogP contribution >= 0.6 is 0 Å². The van der Waals surface area contributed by atoms with Gasteiger partial charge >= 0.3 is 0 Å². The molecular formula is C16H16N4O. The van der Waals surface area contributed by atoms with E-state index in [0.29, 0.717) is 0 Å². The fourth-order valence-corrected chi connectivity index (χ4v) is 2.73. The lowest BCUT2D eigenvalue weighted by Gasteiger charge is -2.24. The number of rotatable bonds is 2. The Morgan fingerprint density at radius 3 is 3.19 bits per heavy atom. The summed E-state index contributed by atoms with van der Waals surface area (Å²) in [4.78, 5) is 8.65. The van der Waals surface area contributed by atoms with Crippen molar-refractivity contribution in [2.75, 3.05) is 19.7 Å². The van der Waals surface area contributed by atoms with Gasteiger partial charge in [-0.05, 0) is 24.3 Å². The van der Waals surface area contributed by atoms with Crippen LogP contribution in [0.2, 0.25) is 0 Å². The minimum atomic E-state index is 0.0471. The van der Waals surface area contributed by atoms with E-state index < -0.39 is 0 Å². The van der Waals surface area contributed by atoms with E-state index in [0.717, 1.165) is 42.0 Å². The number of hydrogen-bond acceptors (Lipinski definition) is 4. The molecule has 2 aromatic heterocycles. The number of aromatic nitrogens is 3. The second-order valence-corrected chi connectivity index (χ2v) is 5.13. The molecule has 0 aliphatic carbocycles. The average molecular weight is 280 g/mol. The van der Waals surface area contributed by atoms with Gasteiger partial charge in [0.1, 0.15) is 6.10 Å². The number of ether oxygens (including phenoxy) is 1. The molecule has 1 fully saturated rings. The minimum absolute atomic E-state index is 0.0471. The SMILES string of the molecule is c1cnc2ccc(-n3cncc3C3CNCCO3)cc2c1. The van der Waals surface area contributed by atoms with Crippen molar-refractivity contribution in [3.8, 4) is 5.69 Å². The van der Waals surface area contributed by atoms with Crippen molar-refractivity contribution < 1.29 is 4.74 Å². The van der Waals surface area contributed by atoms with Gasteiger partial charge in [-0.15, -0.1) is 0 Å². The Bertz CT molecular complexity index is 762. The van der Waals surface area contributed by atoms with Crippen molar-refractivity contribution in [1.82, 2.24) is 19.9 Å². The summed E-state index contributed by atoms with van der Waals surface area (Å²) >= 11 is 0. The summed E-state index contributed by atoms with van der Waals surface area (Å²) in [6.07, 6.45) is 5.58. The zero-order chi connectivity index (χ0) is 14.1. The van der Waals surface area contributed by atoms with Gasteiger partial charge in [-0.3, -0.25) is 4.98 Å². The maximum Gasteiger partial charge on any atom is 0.112 e. The molecule has 3 heterocycles. The summed E-state index contributed by atoms with van der Waals surface area (Å²) in [5.41, 5.74) is 3.15. The third-order valence-corrected chi connectivity index (χ3v) is 3.79. The van der Waals surface area contributed by atoms with E-state index in [1.807, 2.05) is 30.9 Å². The zero-order valence-corrected chi connectivity index (χ0v) is 11.6. The lowest BCUT2D eigenvalue weighted by molar-refractivity contribution is 0.0240. The summed E-state index contributed by atoms with van der Waals surface area (Å²) < 4.78 is 7.92. The predicted octanol–water partition coefficient (Wildman–Crippen LogP) is 2.08. The van der Waals surface area contributed by atoms with E-state index in [2.05, 4.69) is 38.1 Å². The molecule has 4 rings (SSSR count). The largest absolute Gasteiger partial charge is 0.369 e. The van der Waals surface area contributed by atoms with Gasteiger partial charge in [-0.2, -0.15) is 0 Å². The number of hydrogen-bond donors (Lipinski definition) is 1. The van der Waals surface area contributed by atoms with Crippen LogP contribution in [0.3, 0.4) is 0 Å². The molecule has 0 saturated carbocycles. The number of fused-ring (bicyclic) bond motifs is 1. The monoisotopic (exact) mass is 280 g/mol. The Hall–Kier alpha value is -2.24. The molecule has 0 spiro atoms. The minimum Gasteiger partial charge on any atom is -0.369 e. The fourth-order valence-electron chi connectivity index (χ4n) is 2.73. The summed E-state index contributed by atoms with van der Waals surface area (Å²) in [6, 6.07) is 10.3. The van der Waals surface area contributed by atoms with Gasteiger partial charge in [0.25, 0.3) is 0 Å². The molecule has 5 nitrogen and oxygen atoms in total. The molecule has 3 aromatic rings. The highest BCUT2D eigenvalue weighted by Crippen LogP contribution is 2.23. The Kier molecular flexibility index (Phi) is 3.14. The number of benzene rings is 1. The number of nitrogens with zero attached hydrogens (tertiary/aromatic N) is 3. The fraction of sp³-hybridized carbons (Fsp3) is 0.250. The molecule has 1 N–H and O–H groups in total. The van der Waals surface area contributed by atoms with Crippen molar-refractivity contribution in [3.63, 3.8) is 0 Å². The van der Waals surface area contributed by atoms with Crippen molar-refractivity contribution in [2.45, 2.75) is 6.10 Å². The number of imidazole rings is 1. The van der Waals surface area contributed by atoms with Crippen LogP contribution in [-0.2, 0) is 4.74 Å². The maximum absolute atomic E-state index is 5.84. The first-order chi connectivity index (χ1) is 10.4. The Balaban J connectivity index is 1.76. The molecule has 1 saturated heterocycles. The van der Waals surface area contributed by atoms with Crippen LogP contribution < -0.4 is 5.32 Å². The molecule has 1 aromatic carbocycles. The summed E-state index contributed by atoms with van der Waals surface area (Å²) in [6.45, 7) is 2.46. The molecule has 1 unspecified atom stereocenters. The van der Waals surface area contributed by atoms with Gasteiger partial charge in [-0.25, -0.2) is 4.98 Å². The topological polar surface area (TPSA) is 52.0 Å². The van der Waals surface area contributed by atoms with E-state index in [1.54, 1.807) is 0 Å². The Labute approximate surface area is 122 Å². The first-order valence-electron chi connectivity index (χ1n) is 7.11. The lowest BCUT2D eigenvalue weighted by atomic mass is 10.2. The van der Waals surface area contributed by atoms with Crippen LogP contribution in [0.4, 0.5) is 0 Å². The van der Waals surface area contributed by atoms with E-state index in [-0.39, 0.29) is 6.10 Å². The van der Waals surface area contributed by atoms with Crippen LogP contribution in [0.25, 0.3) is 16.6 Å². The standard InChI is InChI=1S/C16H16N4O/c1-2-12-8-13(3-4-14(12)19-5-1)20-11-18-9-15(20)16-10-17-6-7-21-16/h1-5,8-9,11,16-17H,6-7,10H2. The highest BCUT2D eigenvalue weighted by molar-refractivity contribution is 5.80. The summed E-state index contributed by atoms with van der Waals surface area (Å²) in [5, 5.41) is 4.48. The van der Waals surface area contributed by atoms with Crippen LogP contribution in [0.1, 0.15) is 11.8 Å². The van der Waals surface area contributed by atoms with E-state index in [9.17, 15) is 0 Å². The van der Waals surface area contributed by atoms with E-state index in [1.165, 1.54) is 0 Å². The van der Waals surface area contributed by atoms with Crippen molar-refractivity contribution in [1.29, 1.82) is 0 Å². The molecule has 21 heavy (non-hydrogen) atoms. The summed E-state index contributed by atoms with van der Waals surface area (Å²) in [5.74, 6) is 0. The quantitative estimate of drug-likeness (QED) is 0.781.